The zero-order valence-corrected chi connectivity index (χ0v) is 11.0. The quantitative estimate of drug-likeness (QED) is 0.898. The molecular formula is C11H10Cl2N2S. The van der Waals surface area contributed by atoms with Crippen LogP contribution in [0, 0.1) is 6.92 Å². The first-order valence-corrected chi connectivity index (χ1v) is 6.33. The maximum atomic E-state index is 6.10. The van der Waals surface area contributed by atoms with Crippen LogP contribution in [0.25, 0.3) is 0 Å². The third-order valence-electron chi connectivity index (χ3n) is 2.16. The van der Waals surface area contributed by atoms with Gasteiger partial charge in [-0.1, -0.05) is 35.3 Å². The number of halogens is 2. The number of thiazole rings is 1. The highest BCUT2D eigenvalue weighted by atomic mass is 35.5. The normalized spacial score (nSPS) is 10.4. The standard InChI is InChI=1S/C11H10Cl2N2S/c1-7-3-2-4-8(12)11(7)15-6-10-14-5-9(13)16-10/h2-5,15H,6H2,1H3. The molecule has 0 aliphatic carbocycles. The molecular weight excluding hydrogens is 263 g/mol. The van der Waals surface area contributed by atoms with E-state index in [2.05, 4.69) is 10.3 Å². The second-order valence-corrected chi connectivity index (χ2v) is 5.50. The van der Waals surface area contributed by atoms with Gasteiger partial charge in [-0.3, -0.25) is 0 Å². The Morgan fingerprint density at radius 1 is 1.38 bits per heavy atom. The van der Waals surface area contributed by atoms with Crippen LogP contribution in [0.1, 0.15) is 10.6 Å². The average molecular weight is 273 g/mol. The number of anilines is 1. The lowest BCUT2D eigenvalue weighted by Gasteiger charge is -2.09. The predicted molar refractivity (Wildman–Crippen MR) is 70.6 cm³/mol. The molecule has 1 aromatic heterocycles. The van der Waals surface area contributed by atoms with Crippen LogP contribution in [0.4, 0.5) is 5.69 Å². The summed E-state index contributed by atoms with van der Waals surface area (Å²) < 4.78 is 0.702. The molecule has 1 heterocycles. The molecule has 0 aliphatic heterocycles. The Labute approximate surface area is 108 Å². The Morgan fingerprint density at radius 2 is 2.19 bits per heavy atom. The summed E-state index contributed by atoms with van der Waals surface area (Å²) >= 11 is 13.4. The van der Waals surface area contributed by atoms with Crippen molar-refractivity contribution < 1.29 is 0 Å². The largest absolute Gasteiger partial charge is 0.377 e. The van der Waals surface area contributed by atoms with Crippen molar-refractivity contribution in [2.24, 2.45) is 0 Å². The van der Waals surface area contributed by atoms with Crippen LogP contribution in [0.15, 0.2) is 24.4 Å². The summed E-state index contributed by atoms with van der Waals surface area (Å²) in [5, 5.41) is 4.94. The van der Waals surface area contributed by atoms with Gasteiger partial charge in [-0.15, -0.1) is 11.3 Å². The molecule has 2 nitrogen and oxygen atoms in total. The fourth-order valence-corrected chi connectivity index (χ4v) is 2.57. The fraction of sp³-hybridized carbons (Fsp3) is 0.182. The summed E-state index contributed by atoms with van der Waals surface area (Å²) in [6, 6.07) is 5.82. The highest BCUT2D eigenvalue weighted by Crippen LogP contribution is 2.26. The van der Waals surface area contributed by atoms with Crippen LogP contribution < -0.4 is 5.32 Å². The summed E-state index contributed by atoms with van der Waals surface area (Å²) in [6.45, 7) is 2.66. The van der Waals surface area contributed by atoms with Crippen LogP contribution in [0.2, 0.25) is 9.36 Å². The molecule has 84 valence electrons. The van der Waals surface area contributed by atoms with Crippen molar-refractivity contribution >= 4 is 40.2 Å². The Kier molecular flexibility index (Phi) is 3.69. The molecule has 2 rings (SSSR count). The number of aryl methyl sites for hydroxylation is 1. The van der Waals surface area contributed by atoms with Gasteiger partial charge in [0, 0.05) is 0 Å². The molecule has 0 amide bonds. The van der Waals surface area contributed by atoms with Gasteiger partial charge < -0.3 is 5.32 Å². The lowest BCUT2D eigenvalue weighted by molar-refractivity contribution is 1.10. The molecule has 0 radical (unpaired) electrons. The van der Waals surface area contributed by atoms with Crippen LogP contribution in [0.3, 0.4) is 0 Å². The van der Waals surface area contributed by atoms with E-state index < -0.39 is 0 Å². The average Bonchev–Trinajstić information content (AvgIpc) is 2.63. The second kappa shape index (κ2) is 5.04. The molecule has 2 aromatic rings. The fourth-order valence-electron chi connectivity index (χ4n) is 1.39. The van der Waals surface area contributed by atoms with Gasteiger partial charge in [-0.25, -0.2) is 4.98 Å². The third kappa shape index (κ3) is 2.67. The van der Waals surface area contributed by atoms with Crippen LogP contribution >= 0.6 is 34.5 Å². The van der Waals surface area contributed by atoms with Gasteiger partial charge >= 0.3 is 0 Å². The van der Waals surface area contributed by atoms with Gasteiger partial charge in [-0.05, 0) is 18.6 Å². The van der Waals surface area contributed by atoms with Crippen LogP contribution in [-0.2, 0) is 6.54 Å². The summed E-state index contributed by atoms with van der Waals surface area (Å²) in [4.78, 5) is 4.17. The highest BCUT2D eigenvalue weighted by molar-refractivity contribution is 7.15. The maximum absolute atomic E-state index is 6.10. The predicted octanol–water partition coefficient (Wildman–Crippen LogP) is 4.37. The van der Waals surface area contributed by atoms with Gasteiger partial charge in [0.15, 0.2) is 0 Å². The van der Waals surface area contributed by atoms with Gasteiger partial charge in [0.05, 0.1) is 23.5 Å². The molecule has 0 spiro atoms. The number of hydrogen-bond donors (Lipinski definition) is 1. The zero-order valence-electron chi connectivity index (χ0n) is 8.63. The van der Waals surface area contributed by atoms with Crippen molar-refractivity contribution in [2.45, 2.75) is 13.5 Å². The Morgan fingerprint density at radius 3 is 2.81 bits per heavy atom. The van der Waals surface area contributed by atoms with E-state index in [1.807, 2.05) is 25.1 Å². The SMILES string of the molecule is Cc1cccc(Cl)c1NCc1ncc(Cl)s1. The van der Waals surface area contributed by atoms with Gasteiger partial charge in [0.1, 0.15) is 9.34 Å². The zero-order chi connectivity index (χ0) is 11.5. The molecule has 0 atom stereocenters. The Hall–Kier alpha value is -0.770. The van der Waals surface area contributed by atoms with E-state index in [9.17, 15) is 0 Å². The van der Waals surface area contributed by atoms with E-state index in [-0.39, 0.29) is 0 Å². The number of hydrogen-bond acceptors (Lipinski definition) is 3. The van der Waals surface area contributed by atoms with Crippen molar-refractivity contribution in [3.8, 4) is 0 Å². The van der Waals surface area contributed by atoms with Crippen molar-refractivity contribution in [3.05, 3.63) is 44.3 Å². The van der Waals surface area contributed by atoms with E-state index in [0.717, 1.165) is 21.3 Å². The van der Waals surface area contributed by atoms with Crippen molar-refractivity contribution in [2.75, 3.05) is 5.32 Å². The Bertz CT molecular complexity index is 476. The molecule has 0 saturated heterocycles. The van der Waals surface area contributed by atoms with E-state index >= 15 is 0 Å². The first kappa shape index (κ1) is 11.7. The lowest BCUT2D eigenvalue weighted by Crippen LogP contribution is -2.01. The lowest BCUT2D eigenvalue weighted by atomic mass is 10.2. The molecule has 0 saturated carbocycles. The number of para-hydroxylation sites is 1. The first-order valence-electron chi connectivity index (χ1n) is 4.76. The van der Waals surface area contributed by atoms with Crippen LogP contribution in [-0.4, -0.2) is 4.98 Å². The number of aromatic nitrogens is 1. The molecule has 0 unspecified atom stereocenters. The minimum Gasteiger partial charge on any atom is -0.377 e. The van der Waals surface area contributed by atoms with E-state index in [1.54, 1.807) is 6.20 Å². The summed E-state index contributed by atoms with van der Waals surface area (Å²) in [6.07, 6.45) is 1.66. The van der Waals surface area contributed by atoms with Crippen molar-refractivity contribution in [1.82, 2.24) is 4.98 Å². The summed E-state index contributed by atoms with van der Waals surface area (Å²) in [7, 11) is 0. The minimum absolute atomic E-state index is 0.641. The van der Waals surface area contributed by atoms with E-state index in [4.69, 9.17) is 23.2 Å². The van der Waals surface area contributed by atoms with Crippen molar-refractivity contribution in [1.29, 1.82) is 0 Å². The molecule has 0 aliphatic rings. The number of nitrogens with zero attached hydrogens (tertiary/aromatic N) is 1. The highest BCUT2D eigenvalue weighted by Gasteiger charge is 2.04. The molecule has 16 heavy (non-hydrogen) atoms. The second-order valence-electron chi connectivity index (χ2n) is 3.34. The molecule has 1 N–H and O–H groups in total. The number of rotatable bonds is 3. The monoisotopic (exact) mass is 272 g/mol. The van der Waals surface area contributed by atoms with Gasteiger partial charge in [-0.2, -0.15) is 0 Å². The Balaban J connectivity index is 2.10. The number of nitrogens with one attached hydrogen (secondary N) is 1. The molecule has 1 aromatic carbocycles. The summed E-state index contributed by atoms with van der Waals surface area (Å²) in [5.74, 6) is 0. The first-order chi connectivity index (χ1) is 7.66. The molecule has 0 fully saturated rings. The number of benzene rings is 1. The summed E-state index contributed by atoms with van der Waals surface area (Å²) in [5.41, 5.74) is 2.07. The van der Waals surface area contributed by atoms with Gasteiger partial charge in [0.25, 0.3) is 0 Å². The van der Waals surface area contributed by atoms with Crippen molar-refractivity contribution in [3.63, 3.8) is 0 Å². The molecule has 5 heteroatoms. The van der Waals surface area contributed by atoms with E-state index in [1.165, 1.54) is 11.3 Å². The third-order valence-corrected chi connectivity index (χ3v) is 3.59. The van der Waals surface area contributed by atoms with E-state index in [0.29, 0.717) is 10.9 Å². The van der Waals surface area contributed by atoms with Gasteiger partial charge in [0.2, 0.25) is 0 Å². The smallest absolute Gasteiger partial charge is 0.113 e. The minimum atomic E-state index is 0.641. The molecule has 0 bridgehead atoms. The topological polar surface area (TPSA) is 24.9 Å². The van der Waals surface area contributed by atoms with Crippen LogP contribution in [0.5, 0.6) is 0 Å². The maximum Gasteiger partial charge on any atom is 0.113 e.